The van der Waals surface area contributed by atoms with E-state index in [0.717, 1.165) is 12.3 Å². The van der Waals surface area contributed by atoms with Crippen molar-refractivity contribution in [2.75, 3.05) is 7.11 Å². The maximum Gasteiger partial charge on any atom is 0.0572 e. The Hall–Kier alpha value is -0.0800. The quantitative estimate of drug-likeness (QED) is 0.601. The van der Waals surface area contributed by atoms with Crippen LogP contribution in [0.3, 0.4) is 0 Å². The topological polar surface area (TPSA) is 21.3 Å². The van der Waals surface area contributed by atoms with Crippen molar-refractivity contribution in [2.24, 2.45) is 5.92 Å². The summed E-state index contributed by atoms with van der Waals surface area (Å²) in [4.78, 5) is 4.89. The summed E-state index contributed by atoms with van der Waals surface area (Å²) in [6.45, 7) is 6.68. The molecule has 1 N–H and O–H groups in total. The van der Waals surface area contributed by atoms with Crippen LogP contribution in [0.5, 0.6) is 0 Å². The molecule has 2 atom stereocenters. The van der Waals surface area contributed by atoms with Crippen molar-refractivity contribution in [3.8, 4) is 0 Å². The summed E-state index contributed by atoms with van der Waals surface area (Å²) in [6.07, 6.45) is 3.60. The summed E-state index contributed by atoms with van der Waals surface area (Å²) >= 11 is 0. The highest BCUT2D eigenvalue weighted by Gasteiger charge is 2.08. The van der Waals surface area contributed by atoms with Crippen LogP contribution in [0.2, 0.25) is 0 Å². The molecular formula is C9H21NO. The Morgan fingerprint density at radius 2 is 1.91 bits per heavy atom. The minimum Gasteiger partial charge on any atom is -0.305 e. The maximum atomic E-state index is 4.89. The lowest BCUT2D eigenvalue weighted by Crippen LogP contribution is -2.28. The minimum atomic E-state index is 0.523. The number of nitrogens with one attached hydrogen (secondary N) is 1. The van der Waals surface area contributed by atoms with Crippen molar-refractivity contribution >= 4 is 0 Å². The average molecular weight is 159 g/mol. The van der Waals surface area contributed by atoms with Crippen LogP contribution in [-0.4, -0.2) is 13.2 Å². The molecule has 0 amide bonds. The van der Waals surface area contributed by atoms with E-state index in [1.807, 2.05) is 0 Å². The van der Waals surface area contributed by atoms with Gasteiger partial charge in [0, 0.05) is 6.04 Å². The molecule has 0 aromatic carbocycles. The Kier molecular flexibility index (Phi) is 6.57. The molecular weight excluding hydrogens is 138 g/mol. The molecule has 2 heteroatoms. The van der Waals surface area contributed by atoms with Gasteiger partial charge in [-0.15, -0.1) is 0 Å². The van der Waals surface area contributed by atoms with Gasteiger partial charge in [-0.25, -0.2) is 0 Å². The summed E-state index contributed by atoms with van der Waals surface area (Å²) in [5.41, 5.74) is 3.00. The van der Waals surface area contributed by atoms with Crippen LogP contribution >= 0.6 is 0 Å². The lowest BCUT2D eigenvalue weighted by Gasteiger charge is -2.18. The van der Waals surface area contributed by atoms with E-state index in [0.29, 0.717) is 6.04 Å². The number of hydrogen-bond acceptors (Lipinski definition) is 2. The zero-order valence-corrected chi connectivity index (χ0v) is 8.18. The molecule has 68 valence electrons. The summed E-state index contributed by atoms with van der Waals surface area (Å²) in [5, 5.41) is 0. The van der Waals surface area contributed by atoms with Crippen molar-refractivity contribution in [1.29, 1.82) is 0 Å². The fourth-order valence-corrected chi connectivity index (χ4v) is 1.12. The van der Waals surface area contributed by atoms with Crippen molar-refractivity contribution in [1.82, 2.24) is 5.48 Å². The van der Waals surface area contributed by atoms with Crippen molar-refractivity contribution < 1.29 is 4.84 Å². The molecule has 0 aromatic rings. The highest BCUT2D eigenvalue weighted by atomic mass is 16.6. The fourth-order valence-electron chi connectivity index (χ4n) is 1.12. The third-order valence-corrected chi connectivity index (χ3v) is 2.16. The van der Waals surface area contributed by atoms with Crippen LogP contribution in [0, 0.1) is 5.92 Å². The molecule has 0 saturated carbocycles. The van der Waals surface area contributed by atoms with E-state index in [-0.39, 0.29) is 0 Å². The first-order valence-electron chi connectivity index (χ1n) is 4.53. The Morgan fingerprint density at radius 3 is 2.27 bits per heavy atom. The fraction of sp³-hybridized carbons (Fsp3) is 1.00. The first kappa shape index (κ1) is 10.9. The molecule has 0 saturated heterocycles. The van der Waals surface area contributed by atoms with Gasteiger partial charge in [0.25, 0.3) is 0 Å². The van der Waals surface area contributed by atoms with Gasteiger partial charge in [0.15, 0.2) is 0 Å². The number of hydroxylamine groups is 1. The van der Waals surface area contributed by atoms with Crippen LogP contribution in [0.4, 0.5) is 0 Å². The third-order valence-electron chi connectivity index (χ3n) is 2.16. The Labute approximate surface area is 70.3 Å². The van der Waals surface area contributed by atoms with Crippen LogP contribution in [0.25, 0.3) is 0 Å². The molecule has 0 aliphatic carbocycles. The van der Waals surface area contributed by atoms with Gasteiger partial charge in [0.1, 0.15) is 0 Å². The molecule has 0 rings (SSSR count). The lowest BCUT2D eigenvalue weighted by molar-refractivity contribution is 0.0521. The van der Waals surface area contributed by atoms with E-state index in [1.165, 1.54) is 12.8 Å². The first-order chi connectivity index (χ1) is 5.24. The SMILES string of the molecule is CCC(C)CC(CC)NOC. The van der Waals surface area contributed by atoms with Gasteiger partial charge in [0.05, 0.1) is 7.11 Å². The molecule has 0 radical (unpaired) electrons. The van der Waals surface area contributed by atoms with Gasteiger partial charge in [-0.2, -0.15) is 5.48 Å². The summed E-state index contributed by atoms with van der Waals surface area (Å²) < 4.78 is 0. The van der Waals surface area contributed by atoms with Gasteiger partial charge in [-0.1, -0.05) is 27.2 Å². The minimum absolute atomic E-state index is 0.523. The number of rotatable bonds is 6. The summed E-state index contributed by atoms with van der Waals surface area (Å²) in [6, 6.07) is 0.523. The van der Waals surface area contributed by atoms with Crippen LogP contribution in [-0.2, 0) is 4.84 Å². The number of hydrogen-bond donors (Lipinski definition) is 1. The Morgan fingerprint density at radius 1 is 1.27 bits per heavy atom. The van der Waals surface area contributed by atoms with Crippen LogP contribution in [0.1, 0.15) is 40.0 Å². The largest absolute Gasteiger partial charge is 0.305 e. The van der Waals surface area contributed by atoms with Gasteiger partial charge < -0.3 is 4.84 Å². The monoisotopic (exact) mass is 159 g/mol. The molecule has 11 heavy (non-hydrogen) atoms. The summed E-state index contributed by atoms with van der Waals surface area (Å²) in [7, 11) is 1.68. The maximum absolute atomic E-state index is 4.89. The predicted octanol–water partition coefficient (Wildman–Crippen LogP) is 2.35. The van der Waals surface area contributed by atoms with Crippen molar-refractivity contribution in [3.05, 3.63) is 0 Å². The van der Waals surface area contributed by atoms with Gasteiger partial charge in [-0.3, -0.25) is 0 Å². The summed E-state index contributed by atoms with van der Waals surface area (Å²) in [5.74, 6) is 0.794. The smallest absolute Gasteiger partial charge is 0.0572 e. The van der Waals surface area contributed by atoms with E-state index in [9.17, 15) is 0 Å². The molecule has 2 nitrogen and oxygen atoms in total. The zero-order valence-electron chi connectivity index (χ0n) is 8.18. The normalized spacial score (nSPS) is 16.4. The molecule has 0 aromatic heterocycles. The molecule has 0 heterocycles. The predicted molar refractivity (Wildman–Crippen MR) is 48.3 cm³/mol. The second-order valence-corrected chi connectivity index (χ2v) is 3.18. The van der Waals surface area contributed by atoms with E-state index < -0.39 is 0 Å². The average Bonchev–Trinajstić information content (AvgIpc) is 2.03. The second kappa shape index (κ2) is 6.62. The standard InChI is InChI=1S/C9H21NO/c1-5-8(3)7-9(6-2)10-11-4/h8-10H,5-7H2,1-4H3. The van der Waals surface area contributed by atoms with E-state index in [1.54, 1.807) is 7.11 Å². The molecule has 0 aliphatic rings. The second-order valence-electron chi connectivity index (χ2n) is 3.18. The highest BCUT2D eigenvalue weighted by Crippen LogP contribution is 2.11. The van der Waals surface area contributed by atoms with Gasteiger partial charge in [-0.05, 0) is 18.8 Å². The van der Waals surface area contributed by atoms with E-state index in [4.69, 9.17) is 4.84 Å². The van der Waals surface area contributed by atoms with Crippen LogP contribution in [0.15, 0.2) is 0 Å². The Bertz CT molecular complexity index is 85.6. The molecule has 0 bridgehead atoms. The van der Waals surface area contributed by atoms with Crippen molar-refractivity contribution in [2.45, 2.75) is 46.1 Å². The molecule has 2 unspecified atom stereocenters. The highest BCUT2D eigenvalue weighted by molar-refractivity contribution is 4.63. The molecule has 0 spiro atoms. The Balaban J connectivity index is 3.49. The zero-order chi connectivity index (χ0) is 8.69. The van der Waals surface area contributed by atoms with E-state index >= 15 is 0 Å². The molecule has 0 fully saturated rings. The molecule has 0 aliphatic heterocycles. The third kappa shape index (κ3) is 5.22. The first-order valence-corrected chi connectivity index (χ1v) is 4.53. The van der Waals surface area contributed by atoms with Gasteiger partial charge >= 0.3 is 0 Å². The van der Waals surface area contributed by atoms with E-state index in [2.05, 4.69) is 26.3 Å². The van der Waals surface area contributed by atoms with Gasteiger partial charge in [0.2, 0.25) is 0 Å². The van der Waals surface area contributed by atoms with Crippen LogP contribution < -0.4 is 5.48 Å². The lowest BCUT2D eigenvalue weighted by atomic mass is 9.98. The van der Waals surface area contributed by atoms with Crippen molar-refractivity contribution in [3.63, 3.8) is 0 Å².